The lowest BCUT2D eigenvalue weighted by Gasteiger charge is -2.33. The number of hydrogen-bond donors (Lipinski definition) is 1. The number of aliphatic hydroxyl groups is 1. The van der Waals surface area contributed by atoms with E-state index in [-0.39, 0.29) is 6.10 Å². The van der Waals surface area contributed by atoms with Gasteiger partial charge in [-0.25, -0.2) is 0 Å². The second-order valence-electron chi connectivity index (χ2n) is 6.41. The van der Waals surface area contributed by atoms with Crippen LogP contribution in [0.25, 0.3) is 0 Å². The maximum Gasteiger partial charge on any atom is 0.240 e. The average Bonchev–Trinajstić information content (AvgIpc) is 3.04. The van der Waals surface area contributed by atoms with Crippen LogP contribution in [0, 0.1) is 5.92 Å². The summed E-state index contributed by atoms with van der Waals surface area (Å²) in [6.07, 6.45) is 4.54. The Hall–Kier alpha value is -1.37. The summed E-state index contributed by atoms with van der Waals surface area (Å²) in [4.78, 5) is 6.75. The minimum atomic E-state index is -0.258. The van der Waals surface area contributed by atoms with E-state index in [1.807, 2.05) is 24.5 Å². The number of benzene rings is 1. The highest BCUT2D eigenvalue weighted by molar-refractivity contribution is 7.97. The van der Waals surface area contributed by atoms with E-state index in [2.05, 4.69) is 27.2 Å². The van der Waals surface area contributed by atoms with Crippen LogP contribution >= 0.6 is 11.8 Å². The van der Waals surface area contributed by atoms with Gasteiger partial charge in [-0.15, -0.1) is 0 Å². The predicted molar refractivity (Wildman–Crippen MR) is 95.7 cm³/mol. The third-order valence-corrected chi connectivity index (χ3v) is 5.15. The molecule has 0 unspecified atom stereocenters. The zero-order valence-corrected chi connectivity index (χ0v) is 14.9. The molecule has 0 aliphatic carbocycles. The predicted octanol–water partition coefficient (Wildman–Crippen LogP) is 2.75. The van der Waals surface area contributed by atoms with Gasteiger partial charge in [0.25, 0.3) is 0 Å². The third-order valence-electron chi connectivity index (χ3n) is 4.61. The fourth-order valence-electron chi connectivity index (χ4n) is 3.25. The van der Waals surface area contributed by atoms with Gasteiger partial charge in [-0.05, 0) is 50.1 Å². The summed E-state index contributed by atoms with van der Waals surface area (Å²) < 4.78 is 5.31. The Balaban J connectivity index is 1.44. The number of thioether (sulfide) groups is 1. The largest absolute Gasteiger partial charge is 0.392 e. The van der Waals surface area contributed by atoms with Crippen molar-refractivity contribution in [2.75, 3.05) is 19.3 Å². The second kappa shape index (κ2) is 8.65. The Morgan fingerprint density at radius 2 is 2.04 bits per heavy atom. The van der Waals surface area contributed by atoms with E-state index in [0.717, 1.165) is 43.9 Å². The molecule has 1 saturated heterocycles. The molecule has 1 N–H and O–H groups in total. The molecule has 0 radical (unpaired) electrons. The molecule has 0 amide bonds. The average molecular weight is 347 g/mol. The van der Waals surface area contributed by atoms with Gasteiger partial charge in [0.1, 0.15) is 0 Å². The lowest BCUT2D eigenvalue weighted by atomic mass is 9.88. The van der Waals surface area contributed by atoms with E-state index < -0.39 is 0 Å². The molecule has 1 aromatic heterocycles. The first-order valence-corrected chi connectivity index (χ1v) is 9.88. The van der Waals surface area contributed by atoms with Crippen molar-refractivity contribution in [3.05, 3.63) is 47.6 Å². The summed E-state index contributed by atoms with van der Waals surface area (Å²) in [5.41, 5.74) is 1.21. The number of piperidine rings is 1. The van der Waals surface area contributed by atoms with Gasteiger partial charge in [0.15, 0.2) is 5.82 Å². The first kappa shape index (κ1) is 17.5. The van der Waals surface area contributed by atoms with Crippen molar-refractivity contribution in [1.82, 2.24) is 15.0 Å². The minimum Gasteiger partial charge on any atom is -0.392 e. The van der Waals surface area contributed by atoms with Gasteiger partial charge < -0.3 is 9.63 Å². The fourth-order valence-corrected chi connectivity index (χ4v) is 3.63. The highest BCUT2D eigenvalue weighted by Gasteiger charge is 2.26. The van der Waals surface area contributed by atoms with Gasteiger partial charge in [0.05, 0.1) is 18.4 Å². The van der Waals surface area contributed by atoms with Crippen LogP contribution < -0.4 is 0 Å². The summed E-state index contributed by atoms with van der Waals surface area (Å²) in [5.74, 6) is 2.63. The molecule has 6 heteroatoms. The molecular weight excluding hydrogens is 322 g/mol. The van der Waals surface area contributed by atoms with Crippen LogP contribution in [0.4, 0.5) is 0 Å². The lowest BCUT2D eigenvalue weighted by Crippen LogP contribution is -2.38. The van der Waals surface area contributed by atoms with Gasteiger partial charge in [0, 0.05) is 0 Å². The smallest absolute Gasteiger partial charge is 0.240 e. The van der Waals surface area contributed by atoms with Crippen LogP contribution in [-0.2, 0) is 18.7 Å². The number of nitrogens with zero attached hydrogens (tertiary/aromatic N) is 3. The van der Waals surface area contributed by atoms with Crippen LogP contribution in [0.3, 0.4) is 0 Å². The van der Waals surface area contributed by atoms with Gasteiger partial charge in [-0.2, -0.15) is 16.7 Å². The minimum absolute atomic E-state index is 0.258. The molecule has 5 nitrogen and oxygen atoms in total. The first-order valence-electron chi connectivity index (χ1n) is 8.49. The Labute approximate surface area is 147 Å². The van der Waals surface area contributed by atoms with E-state index >= 15 is 0 Å². The van der Waals surface area contributed by atoms with Crippen molar-refractivity contribution in [3.8, 4) is 0 Å². The molecule has 1 aromatic carbocycles. The molecule has 0 bridgehead atoms. The van der Waals surface area contributed by atoms with Crippen LogP contribution in [0.1, 0.15) is 30.1 Å². The number of aliphatic hydroxyl groups excluding tert-OH is 1. The lowest BCUT2D eigenvalue weighted by molar-refractivity contribution is 0.0547. The van der Waals surface area contributed by atoms with E-state index in [0.29, 0.717) is 18.4 Å². The molecule has 0 saturated carbocycles. The monoisotopic (exact) mass is 347 g/mol. The maximum absolute atomic E-state index is 10.5. The fraction of sp³-hybridized carbons (Fsp3) is 0.556. The van der Waals surface area contributed by atoms with Crippen molar-refractivity contribution < 1.29 is 9.63 Å². The zero-order valence-electron chi connectivity index (χ0n) is 14.1. The summed E-state index contributed by atoms with van der Waals surface area (Å²) in [6, 6.07) is 10.2. The van der Waals surface area contributed by atoms with E-state index in [4.69, 9.17) is 4.52 Å². The topological polar surface area (TPSA) is 62.4 Å². The Bertz CT molecular complexity index is 612. The molecular formula is C18H25N3O2S. The summed E-state index contributed by atoms with van der Waals surface area (Å²) in [7, 11) is 0. The van der Waals surface area contributed by atoms with Gasteiger partial charge in [-0.3, -0.25) is 4.90 Å². The van der Waals surface area contributed by atoms with Crippen LogP contribution in [0.5, 0.6) is 0 Å². The highest BCUT2D eigenvalue weighted by atomic mass is 32.2. The van der Waals surface area contributed by atoms with E-state index in [1.54, 1.807) is 11.8 Å². The van der Waals surface area contributed by atoms with Crippen LogP contribution in [0.15, 0.2) is 34.9 Å². The molecule has 1 fully saturated rings. The first-order chi connectivity index (χ1) is 11.7. The number of aromatic nitrogens is 2. The van der Waals surface area contributed by atoms with Crippen molar-refractivity contribution >= 4 is 11.8 Å². The molecule has 130 valence electrons. The maximum atomic E-state index is 10.5. The number of likely N-dealkylation sites (tertiary alicyclic amines) is 1. The van der Waals surface area contributed by atoms with Crippen molar-refractivity contribution in [2.45, 2.75) is 37.7 Å². The second-order valence-corrected chi connectivity index (χ2v) is 7.27. The van der Waals surface area contributed by atoms with E-state index in [9.17, 15) is 5.11 Å². The van der Waals surface area contributed by atoms with E-state index in [1.165, 1.54) is 5.56 Å². The Kier molecular flexibility index (Phi) is 6.29. The van der Waals surface area contributed by atoms with Gasteiger partial charge >= 0.3 is 0 Å². The van der Waals surface area contributed by atoms with Gasteiger partial charge in [0.2, 0.25) is 5.89 Å². The summed E-state index contributed by atoms with van der Waals surface area (Å²) in [5, 5.41) is 14.5. The molecule has 2 aromatic rings. The molecule has 1 atom stereocenters. The van der Waals surface area contributed by atoms with Crippen molar-refractivity contribution in [2.24, 2.45) is 5.92 Å². The molecule has 0 spiro atoms. The standard InChI is InChI=1S/C18H25N3O2S/c1-24-13-17-19-18(23-20-17)12-21-9-7-15(8-10-21)16(22)11-14-5-3-2-4-6-14/h2-6,15-16,22H,7-13H2,1H3/t16-/m0/s1. The molecule has 1 aliphatic heterocycles. The summed E-state index contributed by atoms with van der Waals surface area (Å²) >= 11 is 1.69. The Morgan fingerprint density at radius 3 is 2.75 bits per heavy atom. The SMILES string of the molecule is CSCc1noc(CN2CCC([C@@H](O)Cc3ccccc3)CC2)n1. The quantitative estimate of drug-likeness (QED) is 0.831. The Morgan fingerprint density at radius 1 is 1.29 bits per heavy atom. The number of rotatable bonds is 7. The molecule has 3 rings (SSSR count). The van der Waals surface area contributed by atoms with Crippen LogP contribution in [0.2, 0.25) is 0 Å². The summed E-state index contributed by atoms with van der Waals surface area (Å²) in [6.45, 7) is 2.65. The normalized spacial score (nSPS) is 17.9. The van der Waals surface area contributed by atoms with Crippen molar-refractivity contribution in [1.29, 1.82) is 0 Å². The molecule has 24 heavy (non-hydrogen) atoms. The van der Waals surface area contributed by atoms with Gasteiger partial charge in [-0.1, -0.05) is 35.5 Å². The third kappa shape index (κ3) is 4.82. The highest BCUT2D eigenvalue weighted by Crippen LogP contribution is 2.24. The zero-order chi connectivity index (χ0) is 16.8. The van der Waals surface area contributed by atoms with Crippen LogP contribution in [-0.4, -0.2) is 45.6 Å². The molecule has 2 heterocycles. The number of hydrogen-bond acceptors (Lipinski definition) is 6. The molecule has 1 aliphatic rings. The van der Waals surface area contributed by atoms with Crippen molar-refractivity contribution in [3.63, 3.8) is 0 Å².